The van der Waals surface area contributed by atoms with Crippen molar-refractivity contribution in [3.05, 3.63) is 29.8 Å². The second kappa shape index (κ2) is 8.26. The van der Waals surface area contributed by atoms with Gasteiger partial charge in [0.15, 0.2) is 6.61 Å². The van der Waals surface area contributed by atoms with Crippen molar-refractivity contribution in [2.45, 2.75) is 32.2 Å². The van der Waals surface area contributed by atoms with E-state index in [1.807, 2.05) is 31.2 Å². The van der Waals surface area contributed by atoms with Crippen molar-refractivity contribution in [2.24, 2.45) is 0 Å². The highest BCUT2D eigenvalue weighted by atomic mass is 16.5. The fourth-order valence-electron chi connectivity index (χ4n) is 1.94. The Morgan fingerprint density at radius 3 is 2.55 bits per heavy atom. The van der Waals surface area contributed by atoms with Gasteiger partial charge in [-0.15, -0.1) is 0 Å². The molecule has 2 rings (SSSR count). The standard InChI is InChI=1S/C16H23N3O3/c1-2-17-16(21)18-10-9-12-3-7-14(8-4-12)22-11-15(20)19-13-5-6-13/h3-4,7-8,13H,2,5-6,9-11H2,1H3,(H,19,20)(H2,17,18,21). The van der Waals surface area contributed by atoms with E-state index in [1.54, 1.807) is 0 Å². The van der Waals surface area contributed by atoms with E-state index in [0.717, 1.165) is 24.8 Å². The molecular weight excluding hydrogens is 282 g/mol. The number of hydrogen-bond donors (Lipinski definition) is 3. The summed E-state index contributed by atoms with van der Waals surface area (Å²) >= 11 is 0. The van der Waals surface area contributed by atoms with Crippen molar-refractivity contribution in [2.75, 3.05) is 19.7 Å². The van der Waals surface area contributed by atoms with E-state index in [4.69, 9.17) is 4.74 Å². The van der Waals surface area contributed by atoms with Gasteiger partial charge in [-0.1, -0.05) is 12.1 Å². The fraction of sp³-hybridized carbons (Fsp3) is 0.500. The van der Waals surface area contributed by atoms with Crippen LogP contribution in [0, 0.1) is 0 Å². The Labute approximate surface area is 130 Å². The Kier molecular flexibility index (Phi) is 6.06. The molecule has 1 aliphatic carbocycles. The highest BCUT2D eigenvalue weighted by Gasteiger charge is 2.23. The molecule has 0 unspecified atom stereocenters. The average molecular weight is 305 g/mol. The summed E-state index contributed by atoms with van der Waals surface area (Å²) in [7, 11) is 0. The summed E-state index contributed by atoms with van der Waals surface area (Å²) in [6.07, 6.45) is 2.90. The maximum Gasteiger partial charge on any atom is 0.314 e. The highest BCUT2D eigenvalue weighted by Crippen LogP contribution is 2.18. The molecule has 120 valence electrons. The molecule has 0 bridgehead atoms. The molecule has 0 heterocycles. The summed E-state index contributed by atoms with van der Waals surface area (Å²) in [5, 5.41) is 8.33. The van der Waals surface area contributed by atoms with Gasteiger partial charge >= 0.3 is 6.03 Å². The average Bonchev–Trinajstić information content (AvgIpc) is 3.31. The van der Waals surface area contributed by atoms with Crippen LogP contribution in [0.15, 0.2) is 24.3 Å². The van der Waals surface area contributed by atoms with Gasteiger partial charge in [-0.3, -0.25) is 4.79 Å². The number of hydrogen-bond acceptors (Lipinski definition) is 3. The second-order valence-corrected chi connectivity index (χ2v) is 5.31. The molecule has 3 amide bonds. The van der Waals surface area contributed by atoms with Crippen LogP contribution in [0.4, 0.5) is 4.79 Å². The van der Waals surface area contributed by atoms with Crippen LogP contribution in [0.2, 0.25) is 0 Å². The Morgan fingerprint density at radius 2 is 1.91 bits per heavy atom. The summed E-state index contributed by atoms with van der Waals surface area (Å²) in [6, 6.07) is 7.76. The number of benzene rings is 1. The lowest BCUT2D eigenvalue weighted by Crippen LogP contribution is -2.36. The van der Waals surface area contributed by atoms with Crippen LogP contribution in [0.5, 0.6) is 5.75 Å². The number of rotatable bonds is 8. The topological polar surface area (TPSA) is 79.5 Å². The van der Waals surface area contributed by atoms with Gasteiger partial charge in [0.2, 0.25) is 0 Å². The van der Waals surface area contributed by atoms with Crippen molar-refractivity contribution in [1.82, 2.24) is 16.0 Å². The van der Waals surface area contributed by atoms with E-state index in [2.05, 4.69) is 16.0 Å². The summed E-state index contributed by atoms with van der Waals surface area (Å²) in [6.45, 7) is 3.12. The zero-order valence-corrected chi connectivity index (χ0v) is 12.9. The Balaban J connectivity index is 1.66. The lowest BCUT2D eigenvalue weighted by atomic mass is 10.1. The maximum atomic E-state index is 11.5. The number of carbonyl (C=O) groups excluding carboxylic acids is 2. The lowest BCUT2D eigenvalue weighted by Gasteiger charge is -2.08. The van der Waals surface area contributed by atoms with Crippen LogP contribution >= 0.6 is 0 Å². The normalized spacial score (nSPS) is 13.3. The zero-order chi connectivity index (χ0) is 15.8. The lowest BCUT2D eigenvalue weighted by molar-refractivity contribution is -0.123. The van der Waals surface area contributed by atoms with E-state index >= 15 is 0 Å². The molecule has 0 radical (unpaired) electrons. The largest absolute Gasteiger partial charge is 0.484 e. The Bertz CT molecular complexity index is 498. The maximum absolute atomic E-state index is 11.5. The first kappa shape index (κ1) is 16.1. The van der Waals surface area contributed by atoms with Crippen LogP contribution in [0.3, 0.4) is 0 Å². The molecule has 6 nitrogen and oxygen atoms in total. The summed E-state index contributed by atoms with van der Waals surface area (Å²) in [4.78, 5) is 22.7. The van der Waals surface area contributed by atoms with Crippen LogP contribution in [0.25, 0.3) is 0 Å². The predicted molar refractivity (Wildman–Crippen MR) is 83.9 cm³/mol. The predicted octanol–water partition coefficient (Wildman–Crippen LogP) is 1.21. The first-order chi connectivity index (χ1) is 10.7. The van der Waals surface area contributed by atoms with Crippen molar-refractivity contribution in [3.8, 4) is 5.75 Å². The molecule has 22 heavy (non-hydrogen) atoms. The van der Waals surface area contributed by atoms with Crippen LogP contribution in [0.1, 0.15) is 25.3 Å². The Hall–Kier alpha value is -2.24. The minimum absolute atomic E-state index is 0.0502. The monoisotopic (exact) mass is 305 g/mol. The third-order valence-corrected chi connectivity index (χ3v) is 3.27. The van der Waals surface area contributed by atoms with Crippen LogP contribution in [-0.4, -0.2) is 37.7 Å². The highest BCUT2D eigenvalue weighted by molar-refractivity contribution is 5.78. The summed E-state index contributed by atoms with van der Waals surface area (Å²) in [5.41, 5.74) is 1.10. The third kappa shape index (κ3) is 6.03. The third-order valence-electron chi connectivity index (χ3n) is 3.27. The molecule has 0 aliphatic heterocycles. The number of ether oxygens (including phenoxy) is 1. The van der Waals surface area contributed by atoms with Gasteiger partial charge in [0.25, 0.3) is 5.91 Å². The smallest absolute Gasteiger partial charge is 0.314 e. The van der Waals surface area contributed by atoms with E-state index in [-0.39, 0.29) is 18.5 Å². The first-order valence-corrected chi connectivity index (χ1v) is 7.70. The van der Waals surface area contributed by atoms with E-state index < -0.39 is 0 Å². The molecule has 1 fully saturated rings. The molecule has 1 saturated carbocycles. The molecule has 6 heteroatoms. The molecule has 3 N–H and O–H groups in total. The van der Waals surface area contributed by atoms with Crippen molar-refractivity contribution >= 4 is 11.9 Å². The van der Waals surface area contributed by atoms with Gasteiger partial charge in [-0.05, 0) is 43.9 Å². The number of urea groups is 1. The first-order valence-electron chi connectivity index (χ1n) is 7.70. The number of nitrogens with one attached hydrogen (secondary N) is 3. The minimum atomic E-state index is -0.149. The number of amides is 3. The summed E-state index contributed by atoms with van der Waals surface area (Å²) in [5.74, 6) is 0.601. The van der Waals surface area contributed by atoms with E-state index in [0.29, 0.717) is 24.9 Å². The van der Waals surface area contributed by atoms with Gasteiger partial charge in [-0.2, -0.15) is 0 Å². The molecule has 0 saturated heterocycles. The van der Waals surface area contributed by atoms with Gasteiger partial charge in [0.05, 0.1) is 0 Å². The molecule has 1 aromatic rings. The van der Waals surface area contributed by atoms with Crippen molar-refractivity contribution in [3.63, 3.8) is 0 Å². The van der Waals surface area contributed by atoms with Gasteiger partial charge in [-0.25, -0.2) is 4.79 Å². The molecule has 1 aromatic carbocycles. The SMILES string of the molecule is CCNC(=O)NCCc1ccc(OCC(=O)NC2CC2)cc1. The van der Waals surface area contributed by atoms with Gasteiger partial charge in [0.1, 0.15) is 5.75 Å². The zero-order valence-electron chi connectivity index (χ0n) is 12.9. The number of carbonyl (C=O) groups is 2. The molecule has 0 aromatic heterocycles. The molecule has 0 spiro atoms. The van der Waals surface area contributed by atoms with Crippen molar-refractivity contribution < 1.29 is 14.3 Å². The van der Waals surface area contributed by atoms with Gasteiger partial charge < -0.3 is 20.7 Å². The fourth-order valence-corrected chi connectivity index (χ4v) is 1.94. The molecule has 1 aliphatic rings. The van der Waals surface area contributed by atoms with Gasteiger partial charge in [0, 0.05) is 19.1 Å². The van der Waals surface area contributed by atoms with Crippen LogP contribution in [-0.2, 0) is 11.2 Å². The summed E-state index contributed by atoms with van der Waals surface area (Å²) < 4.78 is 5.43. The van der Waals surface area contributed by atoms with E-state index in [1.165, 1.54) is 0 Å². The Morgan fingerprint density at radius 1 is 1.18 bits per heavy atom. The minimum Gasteiger partial charge on any atom is -0.484 e. The quantitative estimate of drug-likeness (QED) is 0.675. The molecular formula is C16H23N3O3. The van der Waals surface area contributed by atoms with E-state index in [9.17, 15) is 9.59 Å². The molecule has 0 atom stereocenters. The second-order valence-electron chi connectivity index (χ2n) is 5.31. The van der Waals surface area contributed by atoms with Crippen molar-refractivity contribution in [1.29, 1.82) is 0 Å². The van der Waals surface area contributed by atoms with Crippen LogP contribution < -0.4 is 20.7 Å².